The lowest BCUT2D eigenvalue weighted by atomic mass is 10.0. The maximum absolute atomic E-state index is 12.8. The molecule has 1 unspecified atom stereocenters. The summed E-state index contributed by atoms with van der Waals surface area (Å²) < 4.78 is 45.3. The number of rotatable bonds is 7. The number of anilines is 2. The monoisotopic (exact) mass is 508 g/mol. The number of ether oxygens (including phenoxy) is 1. The number of hydrogen-bond acceptors (Lipinski definition) is 7. The Morgan fingerprint density at radius 3 is 2.40 bits per heavy atom. The Morgan fingerprint density at radius 2 is 1.91 bits per heavy atom. The minimum Gasteiger partial charge on any atom is -0.462 e. The number of sulfonamides is 1. The number of alkyl halides is 1. The van der Waals surface area contributed by atoms with Gasteiger partial charge in [-0.25, -0.2) is 13.4 Å². The van der Waals surface area contributed by atoms with Gasteiger partial charge in [0.15, 0.2) is 0 Å². The van der Waals surface area contributed by atoms with Gasteiger partial charge in [-0.05, 0) is 64.4 Å². The molecular weight excluding hydrogens is 471 g/mol. The zero-order chi connectivity index (χ0) is 26.2. The molecule has 0 saturated carbocycles. The molecule has 1 aliphatic rings. The topological polar surface area (TPSA) is 101 Å². The minimum atomic E-state index is -3.74. The van der Waals surface area contributed by atoms with Crippen LogP contribution in [0.4, 0.5) is 15.9 Å². The molecular formula is C25H37FN4O4S. The highest BCUT2D eigenvalue weighted by atomic mass is 32.2. The number of benzene rings is 1. The van der Waals surface area contributed by atoms with Crippen LogP contribution < -0.4 is 14.9 Å². The van der Waals surface area contributed by atoms with Crippen LogP contribution in [0, 0.1) is 6.92 Å². The first-order chi connectivity index (χ1) is 16.4. The molecule has 0 spiro atoms. The Kier molecular flexibility index (Phi) is 10.0. The number of piperazine rings is 1. The third-order valence-corrected chi connectivity index (χ3v) is 6.78. The fourth-order valence-corrected chi connectivity index (χ4v) is 4.50. The summed E-state index contributed by atoms with van der Waals surface area (Å²) in [5.74, 6) is 0.592. The van der Waals surface area contributed by atoms with Crippen LogP contribution in [0.15, 0.2) is 41.3 Å². The molecule has 1 saturated heterocycles. The summed E-state index contributed by atoms with van der Waals surface area (Å²) in [4.78, 5) is 16.5. The molecule has 8 nitrogen and oxygen atoms in total. The zero-order valence-electron chi connectivity index (χ0n) is 21.3. The lowest BCUT2D eigenvalue weighted by Crippen LogP contribution is -2.49. The van der Waals surface area contributed by atoms with Crippen LogP contribution in [-0.4, -0.2) is 57.8 Å². The van der Waals surface area contributed by atoms with Crippen LogP contribution in [0.1, 0.15) is 51.8 Å². The highest BCUT2D eigenvalue weighted by molar-refractivity contribution is 7.92. The zero-order valence-corrected chi connectivity index (χ0v) is 22.2. The minimum absolute atomic E-state index is 0.140. The predicted octanol–water partition coefficient (Wildman–Crippen LogP) is 4.02. The van der Waals surface area contributed by atoms with Gasteiger partial charge in [-0.3, -0.25) is 13.9 Å². The van der Waals surface area contributed by atoms with Crippen molar-refractivity contribution in [1.29, 1.82) is 0 Å². The van der Waals surface area contributed by atoms with Gasteiger partial charge in [-0.15, -0.1) is 0 Å². The third-order valence-electron chi connectivity index (χ3n) is 5.40. The van der Waals surface area contributed by atoms with Crippen molar-refractivity contribution in [2.45, 2.75) is 64.0 Å². The fraction of sp³-hybridized carbons (Fsp3) is 0.520. The van der Waals surface area contributed by atoms with Crippen LogP contribution in [-0.2, 0) is 19.6 Å². The maximum Gasteiger partial charge on any atom is 0.293 e. The van der Waals surface area contributed by atoms with Crippen molar-refractivity contribution < 1.29 is 22.3 Å². The number of halogens is 1. The van der Waals surface area contributed by atoms with Gasteiger partial charge in [0, 0.05) is 31.6 Å². The van der Waals surface area contributed by atoms with Gasteiger partial charge in [-0.2, -0.15) is 0 Å². The standard InChI is InChI=1S/C20H27FN4O2S.C5H10O2/c1-14(12-21)17-4-6-18(7-5-17)28(26,27)24-19-8-9-20(23-16(19)3)25-11-10-22-15(2)13-25;1-5(2,3)7-4-6/h4-9,14-15,22,24H,10-13H2,1-3H3;4H,1-3H3/t14-,15?;/m0./s1. The van der Waals surface area contributed by atoms with Crippen molar-refractivity contribution in [2.24, 2.45) is 0 Å². The van der Waals surface area contributed by atoms with E-state index in [-0.39, 0.29) is 16.4 Å². The Balaban J connectivity index is 0.000000540. The Labute approximate surface area is 208 Å². The predicted molar refractivity (Wildman–Crippen MR) is 137 cm³/mol. The van der Waals surface area contributed by atoms with E-state index < -0.39 is 16.7 Å². The summed E-state index contributed by atoms with van der Waals surface area (Å²) in [5.41, 5.74) is 1.53. The molecule has 0 bridgehead atoms. The Bertz CT molecular complexity index is 1070. The average Bonchev–Trinajstić information content (AvgIpc) is 2.79. The van der Waals surface area contributed by atoms with Crippen molar-refractivity contribution in [1.82, 2.24) is 10.3 Å². The highest BCUT2D eigenvalue weighted by Crippen LogP contribution is 2.24. The second-order valence-corrected chi connectivity index (χ2v) is 11.3. The lowest BCUT2D eigenvalue weighted by molar-refractivity contribution is -0.138. The number of nitrogens with zero attached hydrogens (tertiary/aromatic N) is 2. The van der Waals surface area contributed by atoms with E-state index in [1.807, 2.05) is 26.8 Å². The van der Waals surface area contributed by atoms with Gasteiger partial charge >= 0.3 is 0 Å². The van der Waals surface area contributed by atoms with Crippen molar-refractivity contribution in [3.05, 3.63) is 47.7 Å². The summed E-state index contributed by atoms with van der Waals surface area (Å²) in [5, 5.41) is 3.39. The lowest BCUT2D eigenvalue weighted by Gasteiger charge is -2.33. The van der Waals surface area contributed by atoms with Crippen LogP contribution >= 0.6 is 0 Å². The summed E-state index contributed by atoms with van der Waals surface area (Å²) in [7, 11) is -3.74. The van der Waals surface area contributed by atoms with Gasteiger partial charge in [0.2, 0.25) is 0 Å². The molecule has 3 rings (SSSR count). The molecule has 0 aliphatic carbocycles. The smallest absolute Gasteiger partial charge is 0.293 e. The molecule has 1 aromatic heterocycles. The Hall–Kier alpha value is -2.72. The number of hydrogen-bond donors (Lipinski definition) is 2. The van der Waals surface area contributed by atoms with Crippen LogP contribution in [0.3, 0.4) is 0 Å². The molecule has 2 N–H and O–H groups in total. The molecule has 2 aromatic rings. The van der Waals surface area contributed by atoms with E-state index in [0.717, 1.165) is 31.0 Å². The molecule has 0 amide bonds. The Morgan fingerprint density at radius 1 is 1.26 bits per heavy atom. The number of carbonyl (C=O) groups is 1. The molecule has 1 fully saturated rings. The van der Waals surface area contributed by atoms with Gasteiger partial charge in [0.1, 0.15) is 11.4 Å². The van der Waals surface area contributed by atoms with E-state index in [1.54, 1.807) is 32.0 Å². The number of pyridine rings is 1. The van der Waals surface area contributed by atoms with Crippen molar-refractivity contribution in [2.75, 3.05) is 35.9 Å². The molecule has 1 aliphatic heterocycles. The number of nitrogens with one attached hydrogen (secondary N) is 2. The largest absolute Gasteiger partial charge is 0.462 e. The van der Waals surface area contributed by atoms with E-state index in [4.69, 9.17) is 0 Å². The fourth-order valence-electron chi connectivity index (χ4n) is 3.38. The summed E-state index contributed by atoms with van der Waals surface area (Å²) in [6, 6.07) is 10.3. The molecule has 1 aromatic carbocycles. The summed E-state index contributed by atoms with van der Waals surface area (Å²) in [6.45, 7) is 13.7. The first kappa shape index (κ1) is 28.5. The summed E-state index contributed by atoms with van der Waals surface area (Å²) >= 11 is 0. The van der Waals surface area contributed by atoms with Crippen LogP contribution in [0.25, 0.3) is 0 Å². The number of carbonyl (C=O) groups excluding carboxylic acids is 1. The molecule has 2 atom stereocenters. The van der Waals surface area contributed by atoms with E-state index in [9.17, 15) is 17.6 Å². The summed E-state index contributed by atoms with van der Waals surface area (Å²) in [6.07, 6.45) is 0. The van der Waals surface area contributed by atoms with Gasteiger partial charge in [-0.1, -0.05) is 19.1 Å². The highest BCUT2D eigenvalue weighted by Gasteiger charge is 2.20. The van der Waals surface area contributed by atoms with Crippen LogP contribution in [0.5, 0.6) is 0 Å². The van der Waals surface area contributed by atoms with Gasteiger partial charge < -0.3 is 15.0 Å². The molecule has 35 heavy (non-hydrogen) atoms. The SMILES string of the molecule is CC(C)(C)OC=O.Cc1nc(N2CCNC(C)C2)ccc1NS(=O)(=O)c1ccc([C@@H](C)CF)cc1. The second-order valence-electron chi connectivity index (χ2n) is 9.66. The average molecular weight is 509 g/mol. The number of aryl methyl sites for hydroxylation is 1. The van der Waals surface area contributed by atoms with Crippen molar-refractivity contribution in [3.63, 3.8) is 0 Å². The van der Waals surface area contributed by atoms with E-state index in [1.165, 1.54) is 12.1 Å². The second kappa shape index (κ2) is 12.3. The van der Waals surface area contributed by atoms with Crippen LogP contribution in [0.2, 0.25) is 0 Å². The van der Waals surface area contributed by atoms with Crippen molar-refractivity contribution >= 4 is 28.0 Å². The first-order valence-corrected chi connectivity index (χ1v) is 13.1. The number of aromatic nitrogens is 1. The first-order valence-electron chi connectivity index (χ1n) is 11.6. The maximum atomic E-state index is 12.8. The molecule has 2 heterocycles. The molecule has 194 valence electrons. The third kappa shape index (κ3) is 8.78. The quantitative estimate of drug-likeness (QED) is 0.545. The molecule has 10 heteroatoms. The normalized spacial score (nSPS) is 17.1. The van der Waals surface area contributed by atoms with Crippen molar-refractivity contribution in [3.8, 4) is 0 Å². The van der Waals surface area contributed by atoms with Gasteiger partial charge in [0.05, 0.1) is 23.0 Å². The van der Waals surface area contributed by atoms with E-state index in [2.05, 4.69) is 31.6 Å². The van der Waals surface area contributed by atoms with E-state index in [0.29, 0.717) is 23.9 Å². The van der Waals surface area contributed by atoms with E-state index >= 15 is 0 Å². The molecule has 0 radical (unpaired) electrons. The van der Waals surface area contributed by atoms with Gasteiger partial charge in [0.25, 0.3) is 16.5 Å².